The Labute approximate surface area is 150 Å². The summed E-state index contributed by atoms with van der Waals surface area (Å²) in [6.07, 6.45) is 7.05. The molecule has 1 aromatic rings. The predicted octanol–water partition coefficient (Wildman–Crippen LogP) is 2.84. The Hall–Kier alpha value is -1.82. The number of benzene rings is 1. The van der Waals surface area contributed by atoms with E-state index in [4.69, 9.17) is 0 Å². The van der Waals surface area contributed by atoms with Crippen molar-refractivity contribution in [2.24, 2.45) is 0 Å². The summed E-state index contributed by atoms with van der Waals surface area (Å²) in [5.74, 6) is 0. The van der Waals surface area contributed by atoms with Gasteiger partial charge in [0.25, 0.3) is 0 Å². The first-order valence-corrected chi connectivity index (χ1v) is 10.9. The first-order valence-electron chi connectivity index (χ1n) is 8.92. The van der Waals surface area contributed by atoms with E-state index >= 15 is 0 Å². The molecule has 3 rings (SSSR count). The molecule has 1 aromatic carbocycles. The Balaban J connectivity index is 1.50. The normalized spacial score (nSPS) is 24.5. The van der Waals surface area contributed by atoms with Crippen molar-refractivity contribution in [3.63, 3.8) is 0 Å². The summed E-state index contributed by atoms with van der Waals surface area (Å²) in [5, 5.41) is 2.83. The second-order valence-corrected chi connectivity index (χ2v) is 9.37. The van der Waals surface area contributed by atoms with Gasteiger partial charge in [0.05, 0.1) is 5.25 Å². The summed E-state index contributed by atoms with van der Waals surface area (Å²) >= 11 is 0. The molecule has 2 amide bonds. The summed E-state index contributed by atoms with van der Waals surface area (Å²) < 4.78 is 23.2. The molecule has 0 spiro atoms. The largest absolute Gasteiger partial charge is 0.335 e. The average molecular weight is 362 g/mol. The lowest BCUT2D eigenvalue weighted by molar-refractivity contribution is 0.195. The first kappa shape index (κ1) is 18.0. The molecule has 1 aliphatic carbocycles. The van der Waals surface area contributed by atoms with Crippen LogP contribution in [-0.2, 0) is 9.84 Å². The maximum Gasteiger partial charge on any atom is 0.317 e. The highest BCUT2D eigenvalue weighted by Gasteiger charge is 2.29. The van der Waals surface area contributed by atoms with E-state index in [-0.39, 0.29) is 17.3 Å². The van der Waals surface area contributed by atoms with Crippen molar-refractivity contribution in [3.05, 3.63) is 42.0 Å². The highest BCUT2D eigenvalue weighted by molar-refractivity contribution is 7.91. The van der Waals surface area contributed by atoms with Gasteiger partial charge in [0, 0.05) is 25.4 Å². The van der Waals surface area contributed by atoms with Crippen LogP contribution in [-0.4, -0.2) is 50.0 Å². The van der Waals surface area contributed by atoms with Crippen molar-refractivity contribution >= 4 is 21.4 Å². The Bertz CT molecular complexity index is 735. The van der Waals surface area contributed by atoms with Gasteiger partial charge in [-0.25, -0.2) is 13.2 Å². The van der Waals surface area contributed by atoms with E-state index in [1.54, 1.807) is 0 Å². The molecule has 0 unspecified atom stereocenters. The highest BCUT2D eigenvalue weighted by atomic mass is 32.2. The van der Waals surface area contributed by atoms with Crippen molar-refractivity contribution in [1.29, 1.82) is 0 Å². The number of carbonyl (C=O) groups is 1. The van der Waals surface area contributed by atoms with Crippen LogP contribution in [0.3, 0.4) is 0 Å². The summed E-state index contributed by atoms with van der Waals surface area (Å²) in [6.45, 7) is 1.33. The zero-order valence-corrected chi connectivity index (χ0v) is 15.5. The fourth-order valence-electron chi connectivity index (χ4n) is 3.67. The van der Waals surface area contributed by atoms with E-state index in [1.807, 2.05) is 23.1 Å². The maximum absolute atomic E-state index is 12.5. The van der Waals surface area contributed by atoms with Gasteiger partial charge in [-0.1, -0.05) is 36.4 Å². The highest BCUT2D eigenvalue weighted by Crippen LogP contribution is 2.25. The van der Waals surface area contributed by atoms with Crippen LogP contribution in [0.5, 0.6) is 0 Å². The molecule has 6 heteroatoms. The quantitative estimate of drug-likeness (QED) is 0.899. The summed E-state index contributed by atoms with van der Waals surface area (Å²) in [7, 11) is -2.96. The molecule has 1 heterocycles. The van der Waals surface area contributed by atoms with E-state index in [9.17, 15) is 13.2 Å². The fraction of sp³-hybridized carbons (Fsp3) is 0.526. The van der Waals surface area contributed by atoms with Crippen LogP contribution in [0, 0.1) is 0 Å². The molecule has 1 fully saturated rings. The van der Waals surface area contributed by atoms with Gasteiger partial charge in [0.1, 0.15) is 9.84 Å². The van der Waals surface area contributed by atoms with Crippen LogP contribution < -0.4 is 5.32 Å². The molecule has 1 saturated carbocycles. The molecule has 1 N–H and O–H groups in total. The standard InChI is InChI=1S/C19H26N2O3S/c1-25(23,24)18-9-7-17(8-10-18)20-19(22)21-13-11-16(12-14-21)15-5-3-2-4-6-15/h2-6,11,17-18H,7-10,12-14H2,1H3,(H,20,22). The third-order valence-corrected chi connectivity index (χ3v) is 6.93. The minimum Gasteiger partial charge on any atom is -0.335 e. The number of nitrogens with one attached hydrogen (secondary N) is 1. The number of hydrogen-bond acceptors (Lipinski definition) is 3. The molecule has 136 valence electrons. The van der Waals surface area contributed by atoms with Gasteiger partial charge in [-0.3, -0.25) is 0 Å². The van der Waals surface area contributed by atoms with Crippen molar-refractivity contribution in [2.75, 3.05) is 19.3 Å². The van der Waals surface area contributed by atoms with Gasteiger partial charge >= 0.3 is 6.03 Å². The average Bonchev–Trinajstić information content (AvgIpc) is 2.62. The topological polar surface area (TPSA) is 66.5 Å². The van der Waals surface area contributed by atoms with Crippen molar-refractivity contribution in [1.82, 2.24) is 10.2 Å². The zero-order chi connectivity index (χ0) is 17.9. The number of nitrogens with zero attached hydrogens (tertiary/aromatic N) is 1. The Morgan fingerprint density at radius 3 is 2.36 bits per heavy atom. The second kappa shape index (κ2) is 7.60. The van der Waals surface area contributed by atoms with Gasteiger partial charge in [-0.15, -0.1) is 0 Å². The SMILES string of the molecule is CS(=O)(=O)C1CCC(NC(=O)N2CC=C(c3ccccc3)CC2)CC1. The molecular formula is C19H26N2O3S. The first-order chi connectivity index (χ1) is 11.9. The smallest absolute Gasteiger partial charge is 0.317 e. The molecule has 0 bridgehead atoms. The Morgan fingerprint density at radius 1 is 1.12 bits per heavy atom. The van der Waals surface area contributed by atoms with Crippen LogP contribution in [0.1, 0.15) is 37.7 Å². The van der Waals surface area contributed by atoms with Gasteiger partial charge in [0.2, 0.25) is 0 Å². The number of carbonyl (C=O) groups excluding carboxylic acids is 1. The van der Waals surface area contributed by atoms with Crippen LogP contribution in [0.15, 0.2) is 36.4 Å². The predicted molar refractivity (Wildman–Crippen MR) is 100 cm³/mol. The number of sulfone groups is 1. The molecule has 0 atom stereocenters. The Morgan fingerprint density at radius 2 is 1.80 bits per heavy atom. The van der Waals surface area contributed by atoms with Crippen molar-refractivity contribution in [3.8, 4) is 0 Å². The molecule has 5 nitrogen and oxygen atoms in total. The lowest BCUT2D eigenvalue weighted by atomic mass is 9.95. The number of urea groups is 1. The van der Waals surface area contributed by atoms with Crippen LogP contribution in [0.4, 0.5) is 4.79 Å². The van der Waals surface area contributed by atoms with E-state index in [0.29, 0.717) is 25.9 Å². The van der Waals surface area contributed by atoms with Crippen molar-refractivity contribution in [2.45, 2.75) is 43.4 Å². The van der Waals surface area contributed by atoms with Crippen molar-refractivity contribution < 1.29 is 13.2 Å². The van der Waals surface area contributed by atoms with E-state index in [0.717, 1.165) is 19.3 Å². The van der Waals surface area contributed by atoms with E-state index < -0.39 is 9.84 Å². The Kier molecular flexibility index (Phi) is 5.47. The van der Waals surface area contributed by atoms with Gasteiger partial charge in [-0.2, -0.15) is 0 Å². The molecule has 0 radical (unpaired) electrons. The monoisotopic (exact) mass is 362 g/mol. The zero-order valence-electron chi connectivity index (χ0n) is 14.6. The molecule has 0 saturated heterocycles. The number of amides is 2. The molecule has 2 aliphatic rings. The summed E-state index contributed by atoms with van der Waals surface area (Å²) in [6, 6.07) is 10.3. The molecule has 1 aliphatic heterocycles. The van der Waals surface area contributed by atoms with Gasteiger partial charge in [0.15, 0.2) is 0 Å². The molecular weight excluding hydrogens is 336 g/mol. The van der Waals surface area contributed by atoms with Gasteiger partial charge < -0.3 is 10.2 Å². The van der Waals surface area contributed by atoms with Crippen LogP contribution in [0.25, 0.3) is 5.57 Å². The van der Waals surface area contributed by atoms with Gasteiger partial charge in [-0.05, 0) is 43.2 Å². The number of hydrogen-bond donors (Lipinski definition) is 1. The second-order valence-electron chi connectivity index (χ2n) is 7.04. The number of rotatable bonds is 3. The van der Waals surface area contributed by atoms with E-state index in [2.05, 4.69) is 23.5 Å². The van der Waals surface area contributed by atoms with E-state index in [1.165, 1.54) is 17.4 Å². The maximum atomic E-state index is 12.5. The third kappa shape index (κ3) is 4.63. The fourth-order valence-corrected chi connectivity index (χ4v) is 4.80. The van der Waals surface area contributed by atoms with Crippen LogP contribution in [0.2, 0.25) is 0 Å². The minimum atomic E-state index is -2.96. The molecule has 0 aromatic heterocycles. The summed E-state index contributed by atoms with van der Waals surface area (Å²) in [5.41, 5.74) is 2.51. The molecule has 25 heavy (non-hydrogen) atoms. The lowest BCUT2D eigenvalue weighted by Crippen LogP contribution is -2.48. The summed E-state index contributed by atoms with van der Waals surface area (Å²) in [4.78, 5) is 14.3. The minimum absolute atomic E-state index is 0.0360. The van der Waals surface area contributed by atoms with Crippen LogP contribution >= 0.6 is 0 Å². The third-order valence-electron chi connectivity index (χ3n) is 5.25. The lowest BCUT2D eigenvalue weighted by Gasteiger charge is -2.32.